The number of rotatable bonds is 9. The summed E-state index contributed by atoms with van der Waals surface area (Å²) >= 11 is 5.91. The third-order valence-electron chi connectivity index (χ3n) is 2.74. The molecule has 0 saturated carbocycles. The van der Waals surface area contributed by atoms with Crippen LogP contribution in [0.25, 0.3) is 0 Å². The Bertz CT molecular complexity index is 717. The second-order valence-corrected chi connectivity index (χ2v) is 8.99. The topological polar surface area (TPSA) is 109 Å². The van der Waals surface area contributed by atoms with Crippen molar-refractivity contribution in [1.29, 1.82) is 0 Å². The molecule has 0 aliphatic carbocycles. The van der Waals surface area contributed by atoms with Gasteiger partial charge in [0.25, 0.3) is 0 Å². The molecule has 0 heterocycles. The molecule has 0 radical (unpaired) electrons. The quantitative estimate of drug-likeness (QED) is 0.637. The minimum absolute atomic E-state index is 0.0600. The summed E-state index contributed by atoms with van der Waals surface area (Å²) in [5.74, 6) is -0.261. The van der Waals surface area contributed by atoms with Crippen molar-refractivity contribution in [3.05, 3.63) is 22.7 Å². The van der Waals surface area contributed by atoms with Crippen molar-refractivity contribution in [2.75, 3.05) is 20.9 Å². The van der Waals surface area contributed by atoms with Crippen molar-refractivity contribution in [2.45, 2.75) is 26.7 Å². The van der Waals surface area contributed by atoms with Gasteiger partial charge in [-0.2, -0.15) is 0 Å². The van der Waals surface area contributed by atoms with E-state index in [1.807, 2.05) is 0 Å². The van der Waals surface area contributed by atoms with Crippen molar-refractivity contribution >= 4 is 49.3 Å². The highest BCUT2D eigenvalue weighted by molar-refractivity contribution is 7.93. The van der Waals surface area contributed by atoms with Crippen LogP contribution in [0.3, 0.4) is 0 Å². The molecule has 1 aromatic rings. The van der Waals surface area contributed by atoms with E-state index in [0.717, 1.165) is 0 Å². The molecule has 0 bridgehead atoms. The zero-order valence-electron chi connectivity index (χ0n) is 12.8. The number of carbonyl (C=O) groups is 1. The molecule has 1 aromatic carbocycles. The van der Waals surface area contributed by atoms with Crippen LogP contribution in [-0.2, 0) is 20.0 Å². The Morgan fingerprint density at radius 2 is 1.35 bits per heavy atom. The lowest BCUT2D eigenvalue weighted by Gasteiger charge is -2.15. The SMILES string of the molecule is CCCS(=O)(=O)Nc1cc(Cl)cc(NS(=O)(=O)CCC)c1C=O. The Morgan fingerprint density at radius 1 is 0.957 bits per heavy atom. The van der Waals surface area contributed by atoms with E-state index in [1.165, 1.54) is 12.1 Å². The van der Waals surface area contributed by atoms with Crippen LogP contribution in [0.2, 0.25) is 5.02 Å². The minimum atomic E-state index is -3.65. The standard InChI is InChI=1S/C13H19ClN2O5S2/c1-3-5-22(18,19)15-12-7-10(14)8-13(11(12)9-17)16-23(20,21)6-4-2/h7-9,15-16H,3-6H2,1-2H3. The summed E-state index contributed by atoms with van der Waals surface area (Å²) < 4.78 is 52.0. The van der Waals surface area contributed by atoms with Crippen LogP contribution >= 0.6 is 11.6 Å². The average Bonchev–Trinajstić information content (AvgIpc) is 2.36. The first-order chi connectivity index (χ1) is 10.6. The van der Waals surface area contributed by atoms with Crippen LogP contribution in [0.5, 0.6) is 0 Å². The predicted octanol–water partition coefficient (Wildman–Crippen LogP) is 2.46. The molecular weight excluding hydrogens is 364 g/mol. The van der Waals surface area contributed by atoms with Crippen LogP contribution in [0.15, 0.2) is 12.1 Å². The molecule has 0 unspecified atom stereocenters. The molecule has 0 amide bonds. The summed E-state index contributed by atoms with van der Waals surface area (Å²) in [4.78, 5) is 11.3. The lowest BCUT2D eigenvalue weighted by atomic mass is 10.1. The molecule has 0 aromatic heterocycles. The third-order valence-corrected chi connectivity index (χ3v) is 5.91. The van der Waals surface area contributed by atoms with E-state index >= 15 is 0 Å². The van der Waals surface area contributed by atoms with Crippen molar-refractivity contribution in [1.82, 2.24) is 0 Å². The van der Waals surface area contributed by atoms with Gasteiger partial charge in [-0.25, -0.2) is 16.8 Å². The molecule has 0 atom stereocenters. The molecule has 130 valence electrons. The fourth-order valence-corrected chi connectivity index (χ4v) is 4.39. The highest BCUT2D eigenvalue weighted by atomic mass is 35.5. The smallest absolute Gasteiger partial charge is 0.232 e. The Labute approximate surface area is 141 Å². The fourth-order valence-electron chi connectivity index (χ4n) is 1.89. The van der Waals surface area contributed by atoms with Crippen LogP contribution in [0.4, 0.5) is 11.4 Å². The normalized spacial score (nSPS) is 12.0. The minimum Gasteiger partial charge on any atom is -0.298 e. The van der Waals surface area contributed by atoms with Crippen LogP contribution in [0, 0.1) is 0 Å². The average molecular weight is 383 g/mol. The first-order valence-electron chi connectivity index (χ1n) is 6.93. The van der Waals surface area contributed by atoms with Gasteiger partial charge in [-0.1, -0.05) is 25.4 Å². The lowest BCUT2D eigenvalue weighted by molar-refractivity contribution is 0.112. The first kappa shape index (κ1) is 19.7. The van der Waals surface area contributed by atoms with Crippen molar-refractivity contribution < 1.29 is 21.6 Å². The number of sulfonamides is 2. The Morgan fingerprint density at radius 3 is 1.65 bits per heavy atom. The van der Waals surface area contributed by atoms with Gasteiger partial charge < -0.3 is 0 Å². The summed E-state index contributed by atoms with van der Waals surface area (Å²) in [5, 5.41) is 0.0963. The molecule has 2 N–H and O–H groups in total. The van der Waals surface area contributed by atoms with Crippen LogP contribution < -0.4 is 9.44 Å². The highest BCUT2D eigenvalue weighted by Crippen LogP contribution is 2.29. The maximum Gasteiger partial charge on any atom is 0.232 e. The van der Waals surface area contributed by atoms with Gasteiger partial charge in [0.1, 0.15) is 0 Å². The second-order valence-electron chi connectivity index (χ2n) is 4.87. The number of aldehydes is 1. The summed E-state index contributed by atoms with van der Waals surface area (Å²) in [7, 11) is -7.30. The van der Waals surface area contributed by atoms with E-state index in [4.69, 9.17) is 11.6 Å². The number of benzene rings is 1. The summed E-state index contributed by atoms with van der Waals surface area (Å²) in [5.41, 5.74) is -0.237. The van der Waals surface area contributed by atoms with Crippen molar-refractivity contribution in [2.24, 2.45) is 0 Å². The fraction of sp³-hybridized carbons (Fsp3) is 0.462. The molecule has 10 heteroatoms. The number of hydrogen-bond acceptors (Lipinski definition) is 5. The number of hydrogen-bond donors (Lipinski definition) is 2. The van der Waals surface area contributed by atoms with Gasteiger partial charge in [0.15, 0.2) is 6.29 Å². The van der Waals surface area contributed by atoms with Crippen molar-refractivity contribution in [3.63, 3.8) is 0 Å². The van der Waals surface area contributed by atoms with E-state index in [0.29, 0.717) is 19.1 Å². The van der Waals surface area contributed by atoms with E-state index in [-0.39, 0.29) is 33.5 Å². The van der Waals surface area contributed by atoms with Crippen LogP contribution in [0.1, 0.15) is 37.0 Å². The Hall–Kier alpha value is -1.32. The van der Waals surface area contributed by atoms with Crippen LogP contribution in [-0.4, -0.2) is 34.6 Å². The molecule has 0 aliphatic rings. The van der Waals surface area contributed by atoms with Gasteiger partial charge in [-0.05, 0) is 25.0 Å². The number of carbonyl (C=O) groups excluding carboxylic acids is 1. The van der Waals surface area contributed by atoms with Gasteiger partial charge >= 0.3 is 0 Å². The zero-order valence-corrected chi connectivity index (χ0v) is 15.2. The maximum atomic E-state index is 11.9. The lowest BCUT2D eigenvalue weighted by Crippen LogP contribution is -2.20. The van der Waals surface area contributed by atoms with E-state index in [2.05, 4.69) is 9.44 Å². The molecule has 7 nitrogen and oxygen atoms in total. The molecule has 1 rings (SSSR count). The van der Waals surface area contributed by atoms with Gasteiger partial charge in [-0.3, -0.25) is 14.2 Å². The molecule has 0 fully saturated rings. The number of nitrogens with one attached hydrogen (secondary N) is 2. The zero-order chi connectivity index (χ0) is 17.7. The summed E-state index contributed by atoms with van der Waals surface area (Å²) in [6.07, 6.45) is 1.16. The maximum absolute atomic E-state index is 11.9. The predicted molar refractivity (Wildman–Crippen MR) is 92.2 cm³/mol. The molecule has 0 aliphatic heterocycles. The summed E-state index contributed by atoms with van der Waals surface area (Å²) in [6.45, 7) is 3.39. The molecule has 23 heavy (non-hydrogen) atoms. The number of anilines is 2. The van der Waals surface area contributed by atoms with E-state index in [1.54, 1.807) is 13.8 Å². The van der Waals surface area contributed by atoms with Gasteiger partial charge in [-0.15, -0.1) is 0 Å². The van der Waals surface area contributed by atoms with Crippen molar-refractivity contribution in [3.8, 4) is 0 Å². The van der Waals surface area contributed by atoms with Gasteiger partial charge in [0.05, 0.1) is 28.4 Å². The highest BCUT2D eigenvalue weighted by Gasteiger charge is 2.18. The first-order valence-corrected chi connectivity index (χ1v) is 10.6. The monoisotopic (exact) mass is 382 g/mol. The molecule has 0 spiro atoms. The van der Waals surface area contributed by atoms with Gasteiger partial charge in [0.2, 0.25) is 20.0 Å². The van der Waals surface area contributed by atoms with E-state index < -0.39 is 20.0 Å². The number of halogens is 1. The van der Waals surface area contributed by atoms with E-state index in [9.17, 15) is 21.6 Å². The summed E-state index contributed by atoms with van der Waals surface area (Å²) in [6, 6.07) is 2.52. The molecular formula is C13H19ClN2O5S2. The second kappa shape index (κ2) is 7.98. The Balaban J connectivity index is 3.32. The largest absolute Gasteiger partial charge is 0.298 e. The third kappa shape index (κ3) is 6.00. The molecule has 0 saturated heterocycles. The Kier molecular flexibility index (Phi) is 6.84. The van der Waals surface area contributed by atoms with Gasteiger partial charge in [0, 0.05) is 5.02 Å².